The van der Waals surface area contributed by atoms with E-state index >= 15 is 0 Å². The summed E-state index contributed by atoms with van der Waals surface area (Å²) < 4.78 is 5.19. The summed E-state index contributed by atoms with van der Waals surface area (Å²) in [4.78, 5) is 16.3. The predicted octanol–water partition coefficient (Wildman–Crippen LogP) is 0.828. The zero-order valence-electron chi connectivity index (χ0n) is 9.81. The number of nitrogens with one attached hydrogen (secondary N) is 1. The lowest BCUT2D eigenvalue weighted by molar-refractivity contribution is -0.127. The van der Waals surface area contributed by atoms with E-state index in [4.69, 9.17) is 10.5 Å². The van der Waals surface area contributed by atoms with Crippen molar-refractivity contribution >= 4 is 17.2 Å². The van der Waals surface area contributed by atoms with Crippen molar-refractivity contribution in [3.8, 4) is 0 Å². The monoisotopic (exact) mass is 255 g/mol. The van der Waals surface area contributed by atoms with Crippen LogP contribution in [-0.2, 0) is 9.53 Å². The summed E-state index contributed by atoms with van der Waals surface area (Å²) in [7, 11) is 0. The van der Waals surface area contributed by atoms with Gasteiger partial charge in [0.1, 0.15) is 10.5 Å². The Morgan fingerprint density at radius 1 is 1.82 bits per heavy atom. The summed E-state index contributed by atoms with van der Waals surface area (Å²) in [6, 6.07) is -0.0523. The summed E-state index contributed by atoms with van der Waals surface area (Å²) >= 11 is 1.54. The van der Waals surface area contributed by atoms with E-state index in [1.807, 2.05) is 12.3 Å². The Hall–Kier alpha value is -0.980. The highest BCUT2D eigenvalue weighted by atomic mass is 32.1. The molecule has 1 aliphatic heterocycles. The molecule has 2 unspecified atom stereocenters. The van der Waals surface area contributed by atoms with Crippen LogP contribution in [0.4, 0.5) is 0 Å². The fraction of sp³-hybridized carbons (Fsp3) is 0.636. The van der Waals surface area contributed by atoms with E-state index in [0.29, 0.717) is 19.6 Å². The molecule has 3 N–H and O–H groups in total. The third kappa shape index (κ3) is 2.65. The molecule has 0 spiro atoms. The Labute approximate surface area is 104 Å². The first-order valence-electron chi connectivity index (χ1n) is 5.72. The number of rotatable bonds is 4. The van der Waals surface area contributed by atoms with E-state index < -0.39 is 5.54 Å². The molecular formula is C11H17N3O2S. The molecule has 0 saturated carbocycles. The minimum Gasteiger partial charge on any atom is -0.379 e. The van der Waals surface area contributed by atoms with Crippen molar-refractivity contribution in [3.63, 3.8) is 0 Å². The summed E-state index contributed by atoms with van der Waals surface area (Å²) in [5.41, 5.74) is 5.13. The maximum absolute atomic E-state index is 12.1. The molecule has 1 aliphatic rings. The number of nitrogens with zero attached hydrogens (tertiary/aromatic N) is 1. The molecule has 1 saturated heterocycles. The number of carbonyl (C=O) groups is 1. The highest BCUT2D eigenvalue weighted by molar-refractivity contribution is 7.09. The first-order chi connectivity index (χ1) is 8.15. The third-order valence-corrected chi connectivity index (χ3v) is 3.86. The number of thiazole rings is 1. The smallest absolute Gasteiger partial charge is 0.243 e. The minimum atomic E-state index is -0.870. The maximum Gasteiger partial charge on any atom is 0.243 e. The Bertz CT molecular complexity index is 374. The molecule has 94 valence electrons. The molecule has 1 amide bonds. The van der Waals surface area contributed by atoms with Crippen molar-refractivity contribution in [3.05, 3.63) is 16.6 Å². The van der Waals surface area contributed by atoms with Crippen LogP contribution in [0.3, 0.4) is 0 Å². The van der Waals surface area contributed by atoms with Gasteiger partial charge in [-0.3, -0.25) is 4.79 Å². The van der Waals surface area contributed by atoms with Crippen molar-refractivity contribution in [1.82, 2.24) is 10.3 Å². The van der Waals surface area contributed by atoms with Crippen LogP contribution in [0.1, 0.15) is 30.8 Å². The van der Waals surface area contributed by atoms with E-state index in [-0.39, 0.29) is 11.9 Å². The number of hydrogen-bond acceptors (Lipinski definition) is 5. The number of aromatic nitrogens is 1. The minimum absolute atomic E-state index is 0.0523. The Morgan fingerprint density at radius 3 is 3.18 bits per heavy atom. The van der Waals surface area contributed by atoms with E-state index in [1.165, 1.54) is 0 Å². The summed E-state index contributed by atoms with van der Waals surface area (Å²) in [6.07, 6.45) is 3.12. The van der Waals surface area contributed by atoms with Crippen molar-refractivity contribution in [2.75, 3.05) is 13.2 Å². The lowest BCUT2D eigenvalue weighted by atomic mass is 9.98. The van der Waals surface area contributed by atoms with E-state index in [2.05, 4.69) is 10.3 Å². The molecule has 1 fully saturated rings. The number of ether oxygens (including phenoxy) is 1. The molecular weight excluding hydrogens is 238 g/mol. The second-order valence-corrected chi connectivity index (χ2v) is 5.19. The zero-order chi connectivity index (χ0) is 12.3. The van der Waals surface area contributed by atoms with Crippen molar-refractivity contribution < 1.29 is 9.53 Å². The summed E-state index contributed by atoms with van der Waals surface area (Å²) in [6.45, 7) is 2.87. The number of carbonyl (C=O) groups excluding carboxylic acids is 1. The molecule has 0 bridgehead atoms. The molecule has 2 rings (SSSR count). The van der Waals surface area contributed by atoms with Crippen LogP contribution >= 0.6 is 11.3 Å². The quantitative estimate of drug-likeness (QED) is 0.835. The summed E-state index contributed by atoms with van der Waals surface area (Å²) in [5.74, 6) is -0.142. The fourth-order valence-electron chi connectivity index (χ4n) is 1.81. The lowest BCUT2D eigenvalue weighted by Gasteiger charge is -2.24. The highest BCUT2D eigenvalue weighted by Gasteiger charge is 2.39. The van der Waals surface area contributed by atoms with Gasteiger partial charge in [0.15, 0.2) is 0 Å². The van der Waals surface area contributed by atoms with Crippen molar-refractivity contribution in [1.29, 1.82) is 0 Å². The van der Waals surface area contributed by atoms with Crippen LogP contribution in [0.15, 0.2) is 11.6 Å². The normalized spacial score (nSPS) is 25.8. The second kappa shape index (κ2) is 5.12. The standard InChI is InChI=1S/C11H17N3O2S/c1-2-8(9-13-4-6-17-9)14-10(15)11(12)3-5-16-7-11/h4,6,8H,2-3,5,7,12H2,1H3,(H,14,15). The molecule has 5 nitrogen and oxygen atoms in total. The Kier molecular flexibility index (Phi) is 3.76. The largest absolute Gasteiger partial charge is 0.379 e. The van der Waals surface area contributed by atoms with Crippen LogP contribution in [0, 0.1) is 0 Å². The van der Waals surface area contributed by atoms with Gasteiger partial charge in [0.25, 0.3) is 0 Å². The van der Waals surface area contributed by atoms with E-state index in [9.17, 15) is 4.79 Å². The van der Waals surface area contributed by atoms with E-state index in [1.54, 1.807) is 17.5 Å². The average Bonchev–Trinajstić information content (AvgIpc) is 2.97. The molecule has 2 heterocycles. The summed E-state index contributed by atoms with van der Waals surface area (Å²) in [5, 5.41) is 5.78. The van der Waals surface area contributed by atoms with Gasteiger partial charge in [-0.15, -0.1) is 11.3 Å². The fourth-order valence-corrected chi connectivity index (χ4v) is 2.58. The number of hydrogen-bond donors (Lipinski definition) is 2. The molecule has 1 aromatic rings. The molecule has 1 aromatic heterocycles. The predicted molar refractivity (Wildman–Crippen MR) is 65.6 cm³/mol. The van der Waals surface area contributed by atoms with Gasteiger partial charge in [-0.05, 0) is 12.8 Å². The maximum atomic E-state index is 12.1. The molecule has 0 aromatic carbocycles. The second-order valence-electron chi connectivity index (χ2n) is 4.26. The zero-order valence-corrected chi connectivity index (χ0v) is 10.6. The van der Waals surface area contributed by atoms with Gasteiger partial charge in [-0.25, -0.2) is 4.98 Å². The first-order valence-corrected chi connectivity index (χ1v) is 6.60. The van der Waals surface area contributed by atoms with Crippen LogP contribution in [0.5, 0.6) is 0 Å². The third-order valence-electron chi connectivity index (χ3n) is 2.97. The van der Waals surface area contributed by atoms with Gasteiger partial charge in [0.2, 0.25) is 5.91 Å². The Morgan fingerprint density at radius 2 is 2.65 bits per heavy atom. The van der Waals surface area contributed by atoms with Gasteiger partial charge in [-0.1, -0.05) is 6.92 Å². The SMILES string of the molecule is CCC(NC(=O)C1(N)CCOC1)c1nccs1. The van der Waals surface area contributed by atoms with Crippen LogP contribution < -0.4 is 11.1 Å². The molecule has 17 heavy (non-hydrogen) atoms. The van der Waals surface area contributed by atoms with Crippen LogP contribution in [0.2, 0.25) is 0 Å². The first kappa shape index (κ1) is 12.5. The highest BCUT2D eigenvalue weighted by Crippen LogP contribution is 2.22. The molecule has 0 aliphatic carbocycles. The van der Waals surface area contributed by atoms with Gasteiger partial charge >= 0.3 is 0 Å². The molecule has 6 heteroatoms. The average molecular weight is 255 g/mol. The topological polar surface area (TPSA) is 77.2 Å². The Balaban J connectivity index is 2.02. The van der Waals surface area contributed by atoms with Crippen LogP contribution in [0.25, 0.3) is 0 Å². The van der Waals surface area contributed by atoms with Gasteiger partial charge in [0.05, 0.1) is 12.6 Å². The van der Waals surface area contributed by atoms with Gasteiger partial charge in [-0.2, -0.15) is 0 Å². The van der Waals surface area contributed by atoms with Crippen molar-refractivity contribution in [2.24, 2.45) is 5.73 Å². The molecule has 2 atom stereocenters. The van der Waals surface area contributed by atoms with Gasteiger partial charge in [0, 0.05) is 18.2 Å². The molecule has 0 radical (unpaired) electrons. The lowest BCUT2D eigenvalue weighted by Crippen LogP contribution is -2.55. The number of amides is 1. The van der Waals surface area contributed by atoms with Gasteiger partial charge < -0.3 is 15.8 Å². The van der Waals surface area contributed by atoms with Crippen LogP contribution in [-0.4, -0.2) is 29.6 Å². The van der Waals surface area contributed by atoms with Crippen molar-refractivity contribution in [2.45, 2.75) is 31.3 Å². The van der Waals surface area contributed by atoms with E-state index in [0.717, 1.165) is 11.4 Å². The number of nitrogens with two attached hydrogens (primary N) is 1.